The maximum absolute atomic E-state index is 11.6. The van der Waals surface area contributed by atoms with E-state index in [1.54, 1.807) is 0 Å². The van der Waals surface area contributed by atoms with Gasteiger partial charge in [-0.2, -0.15) is 0 Å². The highest BCUT2D eigenvalue weighted by Crippen LogP contribution is 2.12. The minimum Gasteiger partial charge on any atom is -0.374 e. The first-order chi connectivity index (χ1) is 7.63. The van der Waals surface area contributed by atoms with Gasteiger partial charge in [-0.15, -0.1) is 0 Å². The molecule has 0 bridgehead atoms. The van der Waals surface area contributed by atoms with Crippen LogP contribution in [0.2, 0.25) is 0 Å². The lowest BCUT2D eigenvalue weighted by molar-refractivity contribution is -0.121. The summed E-state index contributed by atoms with van der Waals surface area (Å²) in [4.78, 5) is 11.6. The number of rotatable bonds is 5. The summed E-state index contributed by atoms with van der Waals surface area (Å²) in [6.07, 6.45) is 0.960. The molecule has 1 rings (SSSR count). The molecule has 1 aromatic rings. The number of nitrogens with one attached hydrogen (secondary N) is 2. The van der Waals surface area contributed by atoms with Crippen molar-refractivity contribution in [2.45, 2.75) is 26.3 Å². The molecule has 1 aromatic carbocycles. The van der Waals surface area contributed by atoms with Crippen molar-refractivity contribution in [3.8, 4) is 0 Å². The normalized spacial score (nSPS) is 11.9. The Balaban J connectivity index is 2.47. The van der Waals surface area contributed by atoms with Gasteiger partial charge < -0.3 is 10.6 Å². The van der Waals surface area contributed by atoms with Gasteiger partial charge in [0.15, 0.2) is 0 Å². The molecule has 0 aliphatic carbocycles. The third kappa shape index (κ3) is 4.38. The minimum atomic E-state index is -0.202. The number of carbonyl (C=O) groups excluding carboxylic acids is 1. The van der Waals surface area contributed by atoms with Gasteiger partial charge in [0.1, 0.15) is 6.04 Å². The quantitative estimate of drug-likeness (QED) is 0.814. The zero-order valence-electron chi connectivity index (χ0n) is 9.59. The summed E-state index contributed by atoms with van der Waals surface area (Å²) in [7, 11) is 0. The molecular weight excluding hydrogens is 315 g/mol. The van der Waals surface area contributed by atoms with Crippen molar-refractivity contribution in [3.05, 3.63) is 27.8 Å². The topological polar surface area (TPSA) is 41.1 Å². The summed E-state index contributed by atoms with van der Waals surface area (Å²) in [5.74, 6) is 0.0420. The van der Waals surface area contributed by atoms with Crippen LogP contribution < -0.4 is 10.6 Å². The second-order valence-electron chi connectivity index (χ2n) is 3.66. The Hall–Kier alpha value is -0.780. The molecule has 1 atom stereocenters. The molecule has 0 aromatic heterocycles. The van der Waals surface area contributed by atoms with E-state index in [1.165, 1.54) is 3.57 Å². The number of hydrogen-bond acceptors (Lipinski definition) is 2. The van der Waals surface area contributed by atoms with Crippen molar-refractivity contribution in [2.75, 3.05) is 11.9 Å². The van der Waals surface area contributed by atoms with Crippen molar-refractivity contribution >= 4 is 34.2 Å². The molecule has 0 aliphatic heterocycles. The number of carbonyl (C=O) groups is 1. The zero-order chi connectivity index (χ0) is 12.0. The van der Waals surface area contributed by atoms with Gasteiger partial charge in [0, 0.05) is 15.8 Å². The van der Waals surface area contributed by atoms with E-state index in [1.807, 2.05) is 38.1 Å². The van der Waals surface area contributed by atoms with Crippen LogP contribution in [0.4, 0.5) is 5.69 Å². The molecule has 4 heteroatoms. The van der Waals surface area contributed by atoms with E-state index < -0.39 is 0 Å². The van der Waals surface area contributed by atoms with Gasteiger partial charge in [-0.3, -0.25) is 4.79 Å². The lowest BCUT2D eigenvalue weighted by Gasteiger charge is -2.14. The average molecular weight is 332 g/mol. The van der Waals surface area contributed by atoms with Crippen molar-refractivity contribution in [1.82, 2.24) is 5.32 Å². The molecular formula is C12H17IN2O. The van der Waals surface area contributed by atoms with Gasteiger partial charge in [0.25, 0.3) is 0 Å². The Morgan fingerprint density at radius 3 is 2.56 bits per heavy atom. The Bertz CT molecular complexity index is 337. The second kappa shape index (κ2) is 6.73. The number of benzene rings is 1. The predicted octanol–water partition coefficient (Wildman–Crippen LogP) is 2.62. The third-order valence-corrected chi connectivity index (χ3v) is 2.89. The molecule has 0 spiro atoms. The molecule has 16 heavy (non-hydrogen) atoms. The monoisotopic (exact) mass is 332 g/mol. The second-order valence-corrected chi connectivity index (χ2v) is 4.91. The molecule has 0 saturated carbocycles. The lowest BCUT2D eigenvalue weighted by Crippen LogP contribution is -2.37. The molecule has 88 valence electrons. The van der Waals surface area contributed by atoms with Crippen LogP contribution in [0.3, 0.4) is 0 Å². The van der Waals surface area contributed by atoms with Gasteiger partial charge in [0.05, 0.1) is 0 Å². The Morgan fingerprint density at radius 1 is 1.38 bits per heavy atom. The standard InChI is InChI=1S/C12H17IN2O/c1-3-8-14-12(16)9(2)15-11-6-4-10(13)5-7-11/h4-7,9,15H,3,8H2,1-2H3,(H,14,16)/t9-/m1/s1. The van der Waals surface area contributed by atoms with Gasteiger partial charge in [-0.1, -0.05) is 6.92 Å². The van der Waals surface area contributed by atoms with E-state index in [0.29, 0.717) is 0 Å². The summed E-state index contributed by atoms with van der Waals surface area (Å²) in [5, 5.41) is 6.02. The fourth-order valence-electron chi connectivity index (χ4n) is 1.26. The third-order valence-electron chi connectivity index (χ3n) is 2.17. The fraction of sp³-hybridized carbons (Fsp3) is 0.417. The smallest absolute Gasteiger partial charge is 0.242 e. The highest BCUT2D eigenvalue weighted by Gasteiger charge is 2.10. The summed E-state index contributed by atoms with van der Waals surface area (Å²) >= 11 is 2.25. The van der Waals surface area contributed by atoms with Gasteiger partial charge in [-0.25, -0.2) is 0 Å². The van der Waals surface area contributed by atoms with E-state index in [4.69, 9.17) is 0 Å². The first-order valence-electron chi connectivity index (χ1n) is 5.43. The maximum Gasteiger partial charge on any atom is 0.242 e. The van der Waals surface area contributed by atoms with Crippen LogP contribution in [0.25, 0.3) is 0 Å². The summed E-state index contributed by atoms with van der Waals surface area (Å²) in [6, 6.07) is 7.78. The number of anilines is 1. The largest absolute Gasteiger partial charge is 0.374 e. The highest BCUT2D eigenvalue weighted by molar-refractivity contribution is 14.1. The molecule has 0 saturated heterocycles. The first kappa shape index (κ1) is 13.3. The lowest BCUT2D eigenvalue weighted by atomic mass is 10.2. The molecule has 0 radical (unpaired) electrons. The van der Waals surface area contributed by atoms with Crippen LogP contribution in [0, 0.1) is 3.57 Å². The SMILES string of the molecule is CCCNC(=O)[C@@H](C)Nc1ccc(I)cc1. The molecule has 0 fully saturated rings. The van der Waals surface area contributed by atoms with E-state index in [9.17, 15) is 4.79 Å². The molecule has 0 aliphatic rings. The summed E-state index contributed by atoms with van der Waals surface area (Å²) in [6.45, 7) is 4.64. The van der Waals surface area contributed by atoms with Crippen LogP contribution >= 0.6 is 22.6 Å². The fourth-order valence-corrected chi connectivity index (χ4v) is 1.62. The minimum absolute atomic E-state index is 0.0420. The van der Waals surface area contributed by atoms with Crippen LogP contribution in [0.1, 0.15) is 20.3 Å². The average Bonchev–Trinajstić information content (AvgIpc) is 2.29. The summed E-state index contributed by atoms with van der Waals surface area (Å²) < 4.78 is 1.19. The predicted molar refractivity (Wildman–Crippen MR) is 75.5 cm³/mol. The number of halogens is 1. The number of amides is 1. The maximum atomic E-state index is 11.6. The first-order valence-corrected chi connectivity index (χ1v) is 6.51. The van der Waals surface area contributed by atoms with Crippen LogP contribution in [-0.4, -0.2) is 18.5 Å². The molecule has 2 N–H and O–H groups in total. The van der Waals surface area contributed by atoms with Gasteiger partial charge in [-0.05, 0) is 60.2 Å². The Kier molecular flexibility index (Phi) is 5.59. The van der Waals surface area contributed by atoms with E-state index >= 15 is 0 Å². The van der Waals surface area contributed by atoms with Gasteiger partial charge >= 0.3 is 0 Å². The van der Waals surface area contributed by atoms with Gasteiger partial charge in [0.2, 0.25) is 5.91 Å². The van der Waals surface area contributed by atoms with Crippen molar-refractivity contribution < 1.29 is 4.79 Å². The van der Waals surface area contributed by atoms with Crippen molar-refractivity contribution in [1.29, 1.82) is 0 Å². The molecule has 1 amide bonds. The van der Waals surface area contributed by atoms with Crippen LogP contribution in [0.5, 0.6) is 0 Å². The molecule has 0 heterocycles. The highest BCUT2D eigenvalue weighted by atomic mass is 127. The molecule has 3 nitrogen and oxygen atoms in total. The van der Waals surface area contributed by atoms with Crippen molar-refractivity contribution in [3.63, 3.8) is 0 Å². The zero-order valence-corrected chi connectivity index (χ0v) is 11.7. The molecule has 0 unspecified atom stereocenters. The van der Waals surface area contributed by atoms with E-state index in [-0.39, 0.29) is 11.9 Å². The Labute approximate surface area is 110 Å². The number of hydrogen-bond donors (Lipinski definition) is 2. The van der Waals surface area contributed by atoms with Crippen LogP contribution in [-0.2, 0) is 4.79 Å². The summed E-state index contributed by atoms with van der Waals surface area (Å²) in [5.41, 5.74) is 0.972. The Morgan fingerprint density at radius 2 is 2.00 bits per heavy atom. The van der Waals surface area contributed by atoms with Crippen LogP contribution in [0.15, 0.2) is 24.3 Å². The van der Waals surface area contributed by atoms with E-state index in [0.717, 1.165) is 18.7 Å². The van der Waals surface area contributed by atoms with Crippen molar-refractivity contribution in [2.24, 2.45) is 0 Å². The van der Waals surface area contributed by atoms with E-state index in [2.05, 4.69) is 33.2 Å².